The normalized spacial score (nSPS) is 16.8. The van der Waals surface area contributed by atoms with E-state index in [0.29, 0.717) is 19.4 Å². The fraction of sp³-hybridized carbons (Fsp3) is 0.333. The van der Waals surface area contributed by atoms with Crippen molar-refractivity contribution in [2.24, 2.45) is 5.73 Å². The van der Waals surface area contributed by atoms with Gasteiger partial charge in [0.05, 0.1) is 12.6 Å². The van der Waals surface area contributed by atoms with Gasteiger partial charge in [0.15, 0.2) is 0 Å². The molecule has 0 spiro atoms. The summed E-state index contributed by atoms with van der Waals surface area (Å²) in [5.74, 6) is -2.57. The number of hydrogen-bond donors (Lipinski definition) is 5. The highest BCUT2D eigenvalue weighted by atomic mass is 16.4. The summed E-state index contributed by atoms with van der Waals surface area (Å²) in [6.45, 7) is -0.0439. The molecule has 1 aliphatic rings. The Labute approximate surface area is 214 Å². The van der Waals surface area contributed by atoms with Crippen molar-refractivity contribution in [2.45, 2.75) is 43.8 Å². The van der Waals surface area contributed by atoms with Crippen LogP contribution in [-0.4, -0.2) is 69.9 Å². The van der Waals surface area contributed by atoms with Crippen molar-refractivity contribution in [3.63, 3.8) is 0 Å². The molecule has 3 atom stereocenters. The van der Waals surface area contributed by atoms with Crippen LogP contribution in [-0.2, 0) is 32.0 Å². The molecule has 3 aromatic rings. The van der Waals surface area contributed by atoms with Crippen molar-refractivity contribution in [2.75, 3.05) is 13.1 Å². The molecule has 1 saturated heterocycles. The number of benzene rings is 2. The van der Waals surface area contributed by atoms with Gasteiger partial charge in [-0.2, -0.15) is 0 Å². The number of likely N-dealkylation sites (tertiary alicyclic amines) is 1. The predicted molar refractivity (Wildman–Crippen MR) is 137 cm³/mol. The highest BCUT2D eigenvalue weighted by Gasteiger charge is 2.37. The second-order valence-electron chi connectivity index (χ2n) is 9.23. The standard InChI is InChI=1S/C27H31N5O5/c28-20(14-18-15-29-21-10-5-4-9-19(18)21)25(34)30-16-24(33)31-22(13-17-7-2-1-3-8-17)26(35)32-12-6-11-23(32)27(36)37/h1-5,7-10,15,20,22-23,29H,6,11-14,16,28H2,(H,30,34)(H,31,33)(H,36,37). The van der Waals surface area contributed by atoms with Gasteiger partial charge in [-0.15, -0.1) is 0 Å². The van der Waals surface area contributed by atoms with Crippen molar-refractivity contribution in [3.8, 4) is 0 Å². The number of amides is 3. The Hall–Kier alpha value is -4.18. The molecule has 0 aliphatic carbocycles. The number of carbonyl (C=O) groups excluding carboxylic acids is 3. The zero-order chi connectivity index (χ0) is 26.4. The molecule has 4 rings (SSSR count). The van der Waals surface area contributed by atoms with Gasteiger partial charge in [-0.25, -0.2) is 4.79 Å². The summed E-state index contributed by atoms with van der Waals surface area (Å²) >= 11 is 0. The highest BCUT2D eigenvalue weighted by molar-refractivity contribution is 5.93. The Morgan fingerprint density at radius 1 is 1.05 bits per heavy atom. The number of aromatic amines is 1. The topological polar surface area (TPSA) is 158 Å². The fourth-order valence-corrected chi connectivity index (χ4v) is 4.71. The molecular weight excluding hydrogens is 474 g/mol. The minimum atomic E-state index is -1.06. The van der Waals surface area contributed by atoms with E-state index in [-0.39, 0.29) is 19.4 Å². The SMILES string of the molecule is NC(Cc1c[nH]c2ccccc12)C(=O)NCC(=O)NC(Cc1ccccc1)C(=O)N1CCCC1C(=O)O. The first-order chi connectivity index (χ1) is 17.8. The Bertz CT molecular complexity index is 1270. The van der Waals surface area contributed by atoms with Crippen LogP contribution in [0.15, 0.2) is 60.8 Å². The molecule has 194 valence electrons. The molecule has 2 heterocycles. The van der Waals surface area contributed by atoms with Gasteiger partial charge >= 0.3 is 5.97 Å². The smallest absolute Gasteiger partial charge is 0.326 e. The molecule has 37 heavy (non-hydrogen) atoms. The number of carboxylic acid groups (broad SMARTS) is 1. The van der Waals surface area contributed by atoms with E-state index >= 15 is 0 Å². The van der Waals surface area contributed by atoms with Crippen LogP contribution < -0.4 is 16.4 Å². The van der Waals surface area contributed by atoms with Gasteiger partial charge < -0.3 is 31.4 Å². The zero-order valence-corrected chi connectivity index (χ0v) is 20.4. The molecule has 2 aromatic carbocycles. The predicted octanol–water partition coefficient (Wildman–Crippen LogP) is 0.957. The van der Waals surface area contributed by atoms with Crippen LogP contribution in [0.3, 0.4) is 0 Å². The minimum Gasteiger partial charge on any atom is -0.480 e. The lowest BCUT2D eigenvalue weighted by Crippen LogP contribution is -2.54. The monoisotopic (exact) mass is 505 g/mol. The van der Waals surface area contributed by atoms with E-state index in [0.717, 1.165) is 22.0 Å². The van der Waals surface area contributed by atoms with Gasteiger partial charge in [-0.3, -0.25) is 14.4 Å². The maximum atomic E-state index is 13.3. The minimum absolute atomic E-state index is 0.197. The van der Waals surface area contributed by atoms with Crippen LogP contribution in [0.25, 0.3) is 10.9 Å². The van der Waals surface area contributed by atoms with Crippen molar-refractivity contribution in [1.82, 2.24) is 20.5 Å². The summed E-state index contributed by atoms with van der Waals surface area (Å²) < 4.78 is 0. The van der Waals surface area contributed by atoms with E-state index in [4.69, 9.17) is 5.73 Å². The van der Waals surface area contributed by atoms with Crippen molar-refractivity contribution >= 4 is 34.6 Å². The van der Waals surface area contributed by atoms with E-state index in [1.165, 1.54) is 4.90 Å². The molecule has 3 unspecified atom stereocenters. The quantitative estimate of drug-likeness (QED) is 0.276. The molecule has 0 saturated carbocycles. The molecular formula is C27H31N5O5. The molecule has 10 heteroatoms. The summed E-state index contributed by atoms with van der Waals surface area (Å²) in [6, 6.07) is 14.1. The number of para-hydroxylation sites is 1. The third-order valence-corrected chi connectivity index (χ3v) is 6.61. The van der Waals surface area contributed by atoms with E-state index < -0.39 is 41.8 Å². The number of hydrogen-bond acceptors (Lipinski definition) is 5. The molecule has 1 aromatic heterocycles. The number of aromatic nitrogens is 1. The lowest BCUT2D eigenvalue weighted by atomic mass is 10.0. The van der Waals surface area contributed by atoms with Gasteiger partial charge in [0.2, 0.25) is 17.7 Å². The van der Waals surface area contributed by atoms with Crippen molar-refractivity contribution < 1.29 is 24.3 Å². The Morgan fingerprint density at radius 2 is 1.78 bits per heavy atom. The van der Waals surface area contributed by atoms with Crippen LogP contribution in [0.1, 0.15) is 24.0 Å². The maximum absolute atomic E-state index is 13.3. The Morgan fingerprint density at radius 3 is 2.54 bits per heavy atom. The molecule has 1 aliphatic heterocycles. The molecule has 3 amide bonds. The van der Waals surface area contributed by atoms with Gasteiger partial charge in [0.1, 0.15) is 12.1 Å². The van der Waals surface area contributed by atoms with Crippen molar-refractivity contribution in [3.05, 3.63) is 71.9 Å². The number of nitrogens with zero attached hydrogens (tertiary/aromatic N) is 1. The third kappa shape index (κ3) is 6.34. The lowest BCUT2D eigenvalue weighted by Gasteiger charge is -2.27. The van der Waals surface area contributed by atoms with E-state index in [2.05, 4.69) is 15.6 Å². The summed E-state index contributed by atoms with van der Waals surface area (Å²) in [5.41, 5.74) is 8.75. The zero-order valence-electron chi connectivity index (χ0n) is 20.4. The first-order valence-electron chi connectivity index (χ1n) is 12.3. The molecule has 6 N–H and O–H groups in total. The van der Waals surface area contributed by atoms with Crippen LogP contribution in [0.5, 0.6) is 0 Å². The van der Waals surface area contributed by atoms with Crippen LogP contribution in [0.2, 0.25) is 0 Å². The largest absolute Gasteiger partial charge is 0.480 e. The van der Waals surface area contributed by atoms with Gasteiger partial charge in [0, 0.05) is 30.1 Å². The van der Waals surface area contributed by atoms with Crippen LogP contribution in [0, 0.1) is 0 Å². The first kappa shape index (κ1) is 25.9. The first-order valence-corrected chi connectivity index (χ1v) is 12.3. The number of nitrogens with one attached hydrogen (secondary N) is 3. The lowest BCUT2D eigenvalue weighted by molar-refractivity contribution is -0.149. The van der Waals surface area contributed by atoms with Gasteiger partial charge in [-0.05, 0) is 36.5 Å². The van der Waals surface area contributed by atoms with E-state index in [1.54, 1.807) is 0 Å². The van der Waals surface area contributed by atoms with Crippen LogP contribution in [0.4, 0.5) is 0 Å². The molecule has 0 radical (unpaired) electrons. The number of H-pyrrole nitrogens is 1. The van der Waals surface area contributed by atoms with Crippen LogP contribution >= 0.6 is 0 Å². The highest BCUT2D eigenvalue weighted by Crippen LogP contribution is 2.20. The number of rotatable bonds is 10. The Kier molecular flexibility index (Phi) is 8.19. The van der Waals surface area contributed by atoms with Gasteiger partial charge in [-0.1, -0.05) is 48.5 Å². The number of nitrogens with two attached hydrogens (primary N) is 1. The molecule has 10 nitrogen and oxygen atoms in total. The van der Waals surface area contributed by atoms with Crippen molar-refractivity contribution in [1.29, 1.82) is 0 Å². The number of carbonyl (C=O) groups is 4. The second kappa shape index (κ2) is 11.7. The second-order valence-corrected chi connectivity index (χ2v) is 9.23. The number of fused-ring (bicyclic) bond motifs is 1. The summed E-state index contributed by atoms with van der Waals surface area (Å²) in [5, 5.41) is 15.7. The van der Waals surface area contributed by atoms with Gasteiger partial charge in [0.25, 0.3) is 0 Å². The fourth-order valence-electron chi connectivity index (χ4n) is 4.71. The maximum Gasteiger partial charge on any atom is 0.326 e. The molecule has 0 bridgehead atoms. The number of carboxylic acids is 1. The average Bonchev–Trinajstić information content (AvgIpc) is 3.55. The Balaban J connectivity index is 1.36. The number of aliphatic carboxylic acids is 1. The molecule has 1 fully saturated rings. The summed E-state index contributed by atoms with van der Waals surface area (Å²) in [4.78, 5) is 54.6. The summed E-state index contributed by atoms with van der Waals surface area (Å²) in [7, 11) is 0. The summed E-state index contributed by atoms with van der Waals surface area (Å²) in [6.07, 6.45) is 3.25. The van der Waals surface area contributed by atoms with E-state index in [9.17, 15) is 24.3 Å². The third-order valence-electron chi connectivity index (χ3n) is 6.61. The van der Waals surface area contributed by atoms with E-state index in [1.807, 2.05) is 60.8 Å². The average molecular weight is 506 g/mol.